The molecule has 1 aromatic heterocycles. The fraction of sp³-hybridized carbons (Fsp3) is 0.357. The highest BCUT2D eigenvalue weighted by Crippen LogP contribution is 2.14. The summed E-state index contributed by atoms with van der Waals surface area (Å²) in [4.78, 5) is 17.4. The van der Waals surface area contributed by atoms with E-state index in [-0.39, 0.29) is 12.1 Å². The number of pyridine rings is 1. The van der Waals surface area contributed by atoms with Crippen molar-refractivity contribution >= 4 is 6.03 Å². The Kier molecular flexibility index (Phi) is 9.92. The van der Waals surface area contributed by atoms with Crippen LogP contribution in [0.3, 0.4) is 0 Å². The Morgan fingerprint density at radius 2 is 1.39 bits per heavy atom. The van der Waals surface area contributed by atoms with Gasteiger partial charge in [0.05, 0.1) is 6.54 Å². The third kappa shape index (κ3) is 8.70. The summed E-state index contributed by atoms with van der Waals surface area (Å²) in [7, 11) is 3.82. The maximum atomic E-state index is 13.2. The van der Waals surface area contributed by atoms with Crippen molar-refractivity contribution in [3.63, 3.8) is 0 Å². The summed E-state index contributed by atoms with van der Waals surface area (Å²) in [5, 5.41) is 6.95. The Labute approximate surface area is 198 Å². The van der Waals surface area contributed by atoms with Gasteiger partial charge in [-0.05, 0) is 61.3 Å². The zero-order valence-electron chi connectivity index (χ0n) is 19.9. The Morgan fingerprint density at radius 1 is 0.818 bits per heavy atom. The van der Waals surface area contributed by atoms with Crippen molar-refractivity contribution in [1.29, 1.82) is 0 Å². The highest BCUT2D eigenvalue weighted by Gasteiger charge is 2.20. The van der Waals surface area contributed by atoms with Crippen LogP contribution in [0.4, 0.5) is 4.79 Å². The first-order valence-corrected chi connectivity index (χ1v) is 11.8. The van der Waals surface area contributed by atoms with Crippen LogP contribution in [-0.4, -0.2) is 41.2 Å². The van der Waals surface area contributed by atoms with Crippen LogP contribution in [0.15, 0.2) is 85.2 Å². The van der Waals surface area contributed by atoms with Gasteiger partial charge in [-0.2, -0.15) is 0 Å². The fourth-order valence-corrected chi connectivity index (χ4v) is 3.98. The molecule has 5 heteroatoms. The maximum absolute atomic E-state index is 13.2. The summed E-state index contributed by atoms with van der Waals surface area (Å²) in [5.41, 5.74) is 3.70. The zero-order valence-corrected chi connectivity index (χ0v) is 19.9. The quantitative estimate of drug-likeness (QED) is 0.376. The highest BCUT2D eigenvalue weighted by molar-refractivity contribution is 5.74. The van der Waals surface area contributed by atoms with Gasteiger partial charge in [0, 0.05) is 32.5 Å². The molecule has 0 bridgehead atoms. The first-order chi connectivity index (χ1) is 16.1. The molecule has 0 saturated carbocycles. The summed E-state index contributed by atoms with van der Waals surface area (Å²) in [6.45, 7) is 0.548. The van der Waals surface area contributed by atoms with E-state index in [4.69, 9.17) is 0 Å². The van der Waals surface area contributed by atoms with Crippen molar-refractivity contribution in [2.45, 2.75) is 51.1 Å². The zero-order chi connectivity index (χ0) is 23.3. The molecule has 0 aliphatic heterocycles. The first-order valence-electron chi connectivity index (χ1n) is 11.8. The molecule has 1 unspecified atom stereocenters. The molecule has 1 atom stereocenters. The molecule has 2 aromatic carbocycles. The van der Waals surface area contributed by atoms with Gasteiger partial charge in [-0.1, -0.05) is 66.7 Å². The molecule has 0 radical (unpaired) electrons. The van der Waals surface area contributed by atoms with E-state index < -0.39 is 0 Å². The van der Waals surface area contributed by atoms with Crippen LogP contribution >= 0.6 is 0 Å². The Balaban J connectivity index is 1.59. The summed E-state index contributed by atoms with van der Waals surface area (Å²) in [5.74, 6) is 0. The van der Waals surface area contributed by atoms with Gasteiger partial charge >= 0.3 is 6.03 Å². The number of carbonyl (C=O) groups is 1. The number of urea groups is 1. The lowest BCUT2D eigenvalue weighted by Gasteiger charge is -2.31. The highest BCUT2D eigenvalue weighted by atomic mass is 16.2. The smallest absolute Gasteiger partial charge is 0.332 e. The number of benzene rings is 2. The maximum Gasteiger partial charge on any atom is 0.332 e. The number of amides is 2. The van der Waals surface area contributed by atoms with Gasteiger partial charge < -0.3 is 5.32 Å². The van der Waals surface area contributed by atoms with Crippen molar-refractivity contribution in [3.8, 4) is 0 Å². The number of nitrogens with zero attached hydrogens (tertiary/aromatic N) is 3. The second kappa shape index (κ2) is 13.4. The third-order valence-electron chi connectivity index (χ3n) is 5.82. The minimum absolute atomic E-state index is 0.0464. The molecule has 0 aliphatic rings. The van der Waals surface area contributed by atoms with Crippen molar-refractivity contribution in [3.05, 3.63) is 102 Å². The van der Waals surface area contributed by atoms with Crippen LogP contribution in [0.25, 0.3) is 0 Å². The molecule has 2 amide bonds. The van der Waals surface area contributed by atoms with E-state index in [0.717, 1.165) is 44.1 Å². The van der Waals surface area contributed by atoms with Crippen molar-refractivity contribution < 1.29 is 4.79 Å². The van der Waals surface area contributed by atoms with E-state index in [2.05, 4.69) is 52.8 Å². The van der Waals surface area contributed by atoms with E-state index in [0.29, 0.717) is 6.54 Å². The lowest BCUT2D eigenvalue weighted by molar-refractivity contribution is 0.0534. The van der Waals surface area contributed by atoms with Crippen molar-refractivity contribution in [2.75, 3.05) is 14.1 Å². The van der Waals surface area contributed by atoms with Gasteiger partial charge in [0.1, 0.15) is 0 Å². The number of hydrazine groups is 1. The van der Waals surface area contributed by atoms with Gasteiger partial charge in [0.15, 0.2) is 0 Å². The SMILES string of the molecule is CN(C)N(Cc1ccccc1)C(=O)NC(CCCc1ccccc1)CCCc1cccnc1. The van der Waals surface area contributed by atoms with Gasteiger partial charge in [-0.15, -0.1) is 0 Å². The number of rotatable bonds is 12. The number of hydrogen-bond acceptors (Lipinski definition) is 3. The number of nitrogens with one attached hydrogen (secondary N) is 1. The minimum Gasteiger partial charge on any atom is -0.334 e. The van der Waals surface area contributed by atoms with E-state index in [1.54, 1.807) is 11.2 Å². The lowest BCUT2D eigenvalue weighted by Crippen LogP contribution is -2.50. The molecule has 1 N–H and O–H groups in total. The molecule has 3 rings (SSSR count). The van der Waals surface area contributed by atoms with Crippen LogP contribution < -0.4 is 5.32 Å². The second-order valence-corrected chi connectivity index (χ2v) is 8.67. The van der Waals surface area contributed by atoms with Gasteiger partial charge in [-0.3, -0.25) is 9.99 Å². The van der Waals surface area contributed by atoms with Crippen LogP contribution in [0.1, 0.15) is 42.4 Å². The molecule has 0 saturated heterocycles. The predicted octanol–water partition coefficient (Wildman–Crippen LogP) is 5.48. The molecule has 0 spiro atoms. The van der Waals surface area contributed by atoms with Crippen LogP contribution in [-0.2, 0) is 19.4 Å². The molecule has 0 fully saturated rings. The average Bonchev–Trinajstić information content (AvgIpc) is 2.84. The molecule has 33 heavy (non-hydrogen) atoms. The van der Waals surface area contributed by atoms with Crippen molar-refractivity contribution in [2.24, 2.45) is 0 Å². The Morgan fingerprint density at radius 3 is 1.97 bits per heavy atom. The second-order valence-electron chi connectivity index (χ2n) is 8.67. The molecule has 3 aromatic rings. The topological polar surface area (TPSA) is 48.5 Å². The standard InChI is InChI=1S/C28H36N4O/c1-31(2)32(23-26-14-7-4-8-15-26)28(33)30-27(19-9-16-24-12-5-3-6-13-24)20-10-17-25-18-11-21-29-22-25/h3-8,11-15,18,21-22,27H,9-10,16-17,19-20,23H2,1-2H3,(H,30,33). The summed E-state index contributed by atoms with van der Waals surface area (Å²) < 4.78 is 0. The van der Waals surface area contributed by atoms with E-state index >= 15 is 0 Å². The largest absolute Gasteiger partial charge is 0.334 e. The van der Waals surface area contributed by atoms with E-state index in [1.807, 2.05) is 55.6 Å². The number of hydrogen-bond donors (Lipinski definition) is 1. The summed E-state index contributed by atoms with van der Waals surface area (Å²) >= 11 is 0. The number of aromatic nitrogens is 1. The number of aryl methyl sites for hydroxylation is 2. The molecular weight excluding hydrogens is 408 g/mol. The monoisotopic (exact) mass is 444 g/mol. The molecule has 5 nitrogen and oxygen atoms in total. The minimum atomic E-state index is -0.0464. The van der Waals surface area contributed by atoms with Crippen molar-refractivity contribution in [1.82, 2.24) is 20.3 Å². The molecule has 174 valence electrons. The summed E-state index contributed by atoms with van der Waals surface area (Å²) in [6.07, 6.45) is 9.69. The van der Waals surface area contributed by atoms with E-state index in [9.17, 15) is 4.79 Å². The first kappa shape index (κ1) is 24.5. The molecular formula is C28H36N4O. The Bertz CT molecular complexity index is 886. The van der Waals surface area contributed by atoms with Gasteiger partial charge in [-0.25, -0.2) is 9.80 Å². The fourth-order valence-electron chi connectivity index (χ4n) is 3.98. The average molecular weight is 445 g/mol. The molecule has 1 heterocycles. The number of carbonyl (C=O) groups excluding carboxylic acids is 1. The third-order valence-corrected chi connectivity index (χ3v) is 5.82. The van der Waals surface area contributed by atoms with Crippen LogP contribution in [0, 0.1) is 0 Å². The normalized spacial score (nSPS) is 11.8. The van der Waals surface area contributed by atoms with Gasteiger partial charge in [0.25, 0.3) is 0 Å². The predicted molar refractivity (Wildman–Crippen MR) is 135 cm³/mol. The van der Waals surface area contributed by atoms with Crippen LogP contribution in [0.2, 0.25) is 0 Å². The lowest BCUT2D eigenvalue weighted by atomic mass is 9.99. The van der Waals surface area contributed by atoms with E-state index in [1.165, 1.54) is 11.1 Å². The van der Waals surface area contributed by atoms with Gasteiger partial charge in [0.2, 0.25) is 0 Å². The Hall–Kier alpha value is -3.18. The summed E-state index contributed by atoms with van der Waals surface area (Å²) in [6, 6.07) is 24.8. The van der Waals surface area contributed by atoms with Crippen LogP contribution in [0.5, 0.6) is 0 Å². The molecule has 0 aliphatic carbocycles.